The van der Waals surface area contributed by atoms with Gasteiger partial charge in [-0.3, -0.25) is 0 Å². The summed E-state index contributed by atoms with van der Waals surface area (Å²) in [5, 5.41) is 8.01. The topological polar surface area (TPSA) is 115 Å². The summed E-state index contributed by atoms with van der Waals surface area (Å²) >= 11 is 2.74. The molecular formula is C17H12N4O5S3. The summed E-state index contributed by atoms with van der Waals surface area (Å²) in [6.45, 7) is 0.225. The molecule has 0 atom stereocenters. The fraction of sp³-hybridized carbons (Fsp3) is 0.176. The summed E-state index contributed by atoms with van der Waals surface area (Å²) in [6.07, 6.45) is 0. The summed E-state index contributed by atoms with van der Waals surface area (Å²) in [4.78, 5) is 19.2. The van der Waals surface area contributed by atoms with E-state index in [-0.39, 0.29) is 18.2 Å². The first-order valence-corrected chi connectivity index (χ1v) is 11.8. The summed E-state index contributed by atoms with van der Waals surface area (Å²) in [5.74, 6) is 0.0818. The fourth-order valence-corrected chi connectivity index (χ4v) is 5.81. The molecule has 1 aromatic carbocycles. The van der Waals surface area contributed by atoms with Crippen LogP contribution in [0.2, 0.25) is 0 Å². The highest BCUT2D eigenvalue weighted by molar-refractivity contribution is 8.15. The minimum absolute atomic E-state index is 0.0294. The largest absolute Gasteiger partial charge is 0.454 e. The number of anilines is 1. The minimum atomic E-state index is -3.42. The molecule has 0 bridgehead atoms. The molecule has 0 unspecified atom stereocenters. The highest BCUT2D eigenvalue weighted by Crippen LogP contribution is 2.42. The predicted octanol–water partition coefficient (Wildman–Crippen LogP) is 2.77. The highest BCUT2D eigenvalue weighted by atomic mass is 32.2. The van der Waals surface area contributed by atoms with E-state index in [0.29, 0.717) is 23.2 Å². The van der Waals surface area contributed by atoms with Crippen molar-refractivity contribution >= 4 is 49.9 Å². The maximum Gasteiger partial charge on any atom is 0.338 e. The van der Waals surface area contributed by atoms with Crippen molar-refractivity contribution in [3.63, 3.8) is 0 Å². The molecule has 0 fully saturated rings. The van der Waals surface area contributed by atoms with E-state index in [4.69, 9.17) is 9.26 Å². The van der Waals surface area contributed by atoms with Gasteiger partial charge in [0.05, 0.1) is 22.6 Å². The zero-order chi connectivity index (χ0) is 20.0. The van der Waals surface area contributed by atoms with Crippen molar-refractivity contribution in [3.05, 3.63) is 46.4 Å². The molecule has 0 saturated heterocycles. The zero-order valence-corrected chi connectivity index (χ0v) is 17.1. The number of hydrogen-bond acceptors (Lipinski definition) is 10. The van der Waals surface area contributed by atoms with Crippen LogP contribution in [-0.4, -0.2) is 42.0 Å². The first-order chi connectivity index (χ1) is 14.0. The average molecular weight is 449 g/mol. The molecule has 0 aliphatic carbocycles. The molecule has 0 amide bonds. The van der Waals surface area contributed by atoms with Gasteiger partial charge >= 0.3 is 5.97 Å². The standard InChI is InChI=1S/C17H12N4O5S3/c22-16(25-8-14-18-15(26-19-14)11-3-5-27-9-11)10-1-2-12-13(7-10)28-17-20-29(23,24)6-4-21(12)17/h1-3,5,7,9H,4,6,8H2. The Bertz CT molecular complexity index is 1230. The number of benzene rings is 1. The van der Waals surface area contributed by atoms with Crippen LogP contribution in [0.15, 0.2) is 48.8 Å². The van der Waals surface area contributed by atoms with Crippen molar-refractivity contribution < 1.29 is 22.5 Å². The van der Waals surface area contributed by atoms with E-state index in [1.54, 1.807) is 18.2 Å². The van der Waals surface area contributed by atoms with E-state index in [9.17, 15) is 13.2 Å². The lowest BCUT2D eigenvalue weighted by Gasteiger charge is -2.22. The van der Waals surface area contributed by atoms with Crippen LogP contribution in [0.4, 0.5) is 5.69 Å². The van der Waals surface area contributed by atoms with Gasteiger partial charge < -0.3 is 14.2 Å². The summed E-state index contributed by atoms with van der Waals surface area (Å²) in [5.41, 5.74) is 2.00. The van der Waals surface area contributed by atoms with E-state index in [1.807, 2.05) is 21.7 Å². The van der Waals surface area contributed by atoms with E-state index >= 15 is 0 Å². The van der Waals surface area contributed by atoms with E-state index in [2.05, 4.69) is 14.5 Å². The van der Waals surface area contributed by atoms with Gasteiger partial charge in [0.1, 0.15) is 0 Å². The number of hydrogen-bond donors (Lipinski definition) is 0. The van der Waals surface area contributed by atoms with Crippen LogP contribution in [0.5, 0.6) is 0 Å². The van der Waals surface area contributed by atoms with Crippen LogP contribution in [-0.2, 0) is 21.4 Å². The Kier molecular flexibility index (Phi) is 4.41. The number of sulfonamides is 1. The Morgan fingerprint density at radius 2 is 2.21 bits per heavy atom. The molecule has 2 aromatic heterocycles. The molecule has 5 rings (SSSR count). The van der Waals surface area contributed by atoms with Gasteiger partial charge in [0.2, 0.25) is 5.82 Å². The van der Waals surface area contributed by atoms with E-state index in [1.165, 1.54) is 23.1 Å². The van der Waals surface area contributed by atoms with Crippen LogP contribution in [0, 0.1) is 0 Å². The number of aromatic nitrogens is 2. The number of nitrogens with zero attached hydrogens (tertiary/aromatic N) is 4. The third-order valence-corrected chi connectivity index (χ3v) is 7.27. The highest BCUT2D eigenvalue weighted by Gasteiger charge is 2.33. The summed E-state index contributed by atoms with van der Waals surface area (Å²) in [7, 11) is -3.42. The Morgan fingerprint density at radius 3 is 3.03 bits per heavy atom. The van der Waals surface area contributed by atoms with Crippen LogP contribution in [0.3, 0.4) is 0 Å². The van der Waals surface area contributed by atoms with Gasteiger partial charge in [0.15, 0.2) is 11.8 Å². The van der Waals surface area contributed by atoms with Gasteiger partial charge in [-0.2, -0.15) is 16.3 Å². The molecule has 0 saturated carbocycles. The Morgan fingerprint density at radius 1 is 1.31 bits per heavy atom. The first-order valence-electron chi connectivity index (χ1n) is 8.43. The maximum atomic E-state index is 12.4. The molecule has 0 spiro atoms. The molecule has 2 aliphatic rings. The average Bonchev–Trinajstić information content (AvgIpc) is 3.42. The normalized spacial score (nSPS) is 16.8. The van der Waals surface area contributed by atoms with Gasteiger partial charge in [0.25, 0.3) is 15.9 Å². The van der Waals surface area contributed by atoms with Crippen LogP contribution >= 0.6 is 23.1 Å². The SMILES string of the molecule is O=C(OCc1noc(-c2ccsc2)n1)c1ccc2c(c1)SC1=NS(=O)(=O)CCN12. The lowest BCUT2D eigenvalue weighted by molar-refractivity contribution is 0.0459. The molecule has 4 heterocycles. The maximum absolute atomic E-state index is 12.4. The lowest BCUT2D eigenvalue weighted by Crippen LogP contribution is -2.35. The van der Waals surface area contributed by atoms with Crippen molar-refractivity contribution in [1.29, 1.82) is 0 Å². The second-order valence-corrected chi connectivity index (χ2v) is 9.74. The summed E-state index contributed by atoms with van der Waals surface area (Å²) in [6, 6.07) is 6.94. The predicted molar refractivity (Wildman–Crippen MR) is 108 cm³/mol. The number of ether oxygens (including phenoxy) is 1. The van der Waals surface area contributed by atoms with Crippen LogP contribution in [0.1, 0.15) is 16.2 Å². The second-order valence-electron chi connectivity index (χ2n) is 6.20. The fourth-order valence-electron chi connectivity index (χ4n) is 2.89. The molecular weight excluding hydrogens is 436 g/mol. The van der Waals surface area contributed by atoms with Crippen molar-refractivity contribution in [2.45, 2.75) is 11.5 Å². The number of fused-ring (bicyclic) bond motifs is 3. The molecule has 0 N–H and O–H groups in total. The van der Waals surface area contributed by atoms with E-state index in [0.717, 1.165) is 16.1 Å². The molecule has 2 aliphatic heterocycles. The Labute approximate surface area is 173 Å². The number of amidine groups is 1. The Hall–Kier alpha value is -2.70. The second kappa shape index (κ2) is 6.97. The minimum Gasteiger partial charge on any atom is -0.454 e. The molecule has 0 radical (unpaired) electrons. The third kappa shape index (κ3) is 3.54. The van der Waals surface area contributed by atoms with Crippen LogP contribution in [0.25, 0.3) is 11.5 Å². The van der Waals surface area contributed by atoms with Crippen molar-refractivity contribution in [3.8, 4) is 11.5 Å². The zero-order valence-electron chi connectivity index (χ0n) is 14.6. The number of carbonyl (C=O) groups is 1. The number of esters is 1. The number of thiophene rings is 1. The monoisotopic (exact) mass is 448 g/mol. The number of rotatable bonds is 4. The van der Waals surface area contributed by atoms with Gasteiger partial charge in [-0.25, -0.2) is 13.2 Å². The molecule has 148 valence electrons. The molecule has 9 nitrogen and oxygen atoms in total. The third-order valence-electron chi connectivity index (χ3n) is 4.28. The quantitative estimate of drug-likeness (QED) is 0.556. The van der Waals surface area contributed by atoms with Crippen molar-refractivity contribution in [2.75, 3.05) is 17.2 Å². The molecule has 12 heteroatoms. The Balaban J connectivity index is 1.29. The summed E-state index contributed by atoms with van der Waals surface area (Å²) < 4.78 is 37.6. The smallest absolute Gasteiger partial charge is 0.338 e. The van der Waals surface area contributed by atoms with Gasteiger partial charge in [-0.15, -0.1) is 4.40 Å². The van der Waals surface area contributed by atoms with E-state index < -0.39 is 16.0 Å². The van der Waals surface area contributed by atoms with Crippen LogP contribution < -0.4 is 4.90 Å². The van der Waals surface area contributed by atoms with Gasteiger partial charge in [0, 0.05) is 16.8 Å². The number of thioether (sulfide) groups is 1. The molecule has 29 heavy (non-hydrogen) atoms. The number of carbonyl (C=O) groups excluding carboxylic acids is 1. The van der Waals surface area contributed by atoms with Crippen molar-refractivity contribution in [2.24, 2.45) is 4.40 Å². The lowest BCUT2D eigenvalue weighted by atomic mass is 10.2. The van der Waals surface area contributed by atoms with Crippen molar-refractivity contribution in [1.82, 2.24) is 10.1 Å². The van der Waals surface area contributed by atoms with Gasteiger partial charge in [-0.1, -0.05) is 5.16 Å². The molecule has 3 aromatic rings. The first kappa shape index (κ1) is 18.3. The van der Waals surface area contributed by atoms with Gasteiger partial charge in [-0.05, 0) is 41.4 Å².